The molecular weight excluding hydrogens is 192 g/mol. The summed E-state index contributed by atoms with van der Waals surface area (Å²) < 4.78 is 5.89. The van der Waals surface area contributed by atoms with Crippen LogP contribution in [0.3, 0.4) is 0 Å². The molecule has 0 saturated carbocycles. The second kappa shape index (κ2) is 3.86. The lowest BCUT2D eigenvalue weighted by molar-refractivity contribution is 0.105. The SMILES string of the molecule is CC(C)(C)[Si]OC(C)(C)c1cnc[nH]1. The van der Waals surface area contributed by atoms with Gasteiger partial charge >= 0.3 is 0 Å². The van der Waals surface area contributed by atoms with Crippen molar-refractivity contribution < 1.29 is 4.43 Å². The Labute approximate surface area is 88.2 Å². The summed E-state index contributed by atoms with van der Waals surface area (Å²) in [6.45, 7) is 10.6. The second-order valence-corrected chi connectivity index (χ2v) is 6.84. The first-order valence-corrected chi connectivity index (χ1v) is 5.66. The molecule has 14 heavy (non-hydrogen) atoms. The zero-order chi connectivity index (χ0) is 10.8. The van der Waals surface area contributed by atoms with Crippen molar-refractivity contribution in [2.75, 3.05) is 0 Å². The summed E-state index contributed by atoms with van der Waals surface area (Å²) in [4.78, 5) is 7.08. The van der Waals surface area contributed by atoms with Crippen LogP contribution in [0.15, 0.2) is 12.5 Å². The molecule has 0 aliphatic rings. The predicted molar refractivity (Wildman–Crippen MR) is 58.2 cm³/mol. The quantitative estimate of drug-likeness (QED) is 0.778. The van der Waals surface area contributed by atoms with E-state index < -0.39 is 0 Å². The van der Waals surface area contributed by atoms with Gasteiger partial charge in [-0.05, 0) is 18.9 Å². The lowest BCUT2D eigenvalue weighted by Crippen LogP contribution is -2.27. The van der Waals surface area contributed by atoms with Gasteiger partial charge in [0.2, 0.25) is 9.76 Å². The first kappa shape index (κ1) is 11.5. The summed E-state index contributed by atoms with van der Waals surface area (Å²) in [5.74, 6) is 0. The maximum atomic E-state index is 5.89. The lowest BCUT2D eigenvalue weighted by Gasteiger charge is -2.27. The molecule has 1 heterocycles. The Hall–Kier alpha value is -0.613. The minimum absolute atomic E-state index is 0.220. The molecule has 0 amide bonds. The molecule has 1 aromatic heterocycles. The largest absolute Gasteiger partial charge is 0.406 e. The van der Waals surface area contributed by atoms with Crippen molar-refractivity contribution in [3.8, 4) is 0 Å². The van der Waals surface area contributed by atoms with E-state index in [0.29, 0.717) is 9.76 Å². The molecule has 0 unspecified atom stereocenters. The Morgan fingerprint density at radius 1 is 1.29 bits per heavy atom. The molecule has 0 aliphatic carbocycles. The van der Waals surface area contributed by atoms with Crippen LogP contribution in [0.5, 0.6) is 0 Å². The number of aromatic nitrogens is 2. The van der Waals surface area contributed by atoms with Crippen LogP contribution in [0, 0.1) is 0 Å². The fraction of sp³-hybridized carbons (Fsp3) is 0.700. The van der Waals surface area contributed by atoms with Crippen molar-refractivity contribution >= 4 is 9.76 Å². The maximum Gasteiger partial charge on any atom is 0.237 e. The number of H-pyrrole nitrogens is 1. The van der Waals surface area contributed by atoms with Crippen LogP contribution >= 0.6 is 0 Å². The van der Waals surface area contributed by atoms with E-state index in [-0.39, 0.29) is 10.6 Å². The highest BCUT2D eigenvalue weighted by atomic mass is 28.2. The Kier molecular flexibility index (Phi) is 3.16. The number of hydrogen-bond acceptors (Lipinski definition) is 2. The van der Waals surface area contributed by atoms with Crippen molar-refractivity contribution in [3.63, 3.8) is 0 Å². The van der Waals surface area contributed by atoms with E-state index in [2.05, 4.69) is 44.6 Å². The van der Waals surface area contributed by atoms with Gasteiger partial charge in [0.1, 0.15) is 0 Å². The van der Waals surface area contributed by atoms with E-state index in [1.165, 1.54) is 0 Å². The molecule has 2 radical (unpaired) electrons. The standard InChI is InChI=1S/C10H18N2OSi/c1-9(2,3)14-13-10(4,5)8-6-11-7-12-8/h6-7H,1-5H3,(H,11,12). The molecule has 78 valence electrons. The van der Waals surface area contributed by atoms with Crippen LogP contribution in [0.1, 0.15) is 40.3 Å². The topological polar surface area (TPSA) is 37.9 Å². The van der Waals surface area contributed by atoms with Crippen LogP contribution in [-0.2, 0) is 10.0 Å². The molecule has 0 saturated heterocycles. The highest BCUT2D eigenvalue weighted by Gasteiger charge is 2.26. The van der Waals surface area contributed by atoms with Gasteiger partial charge in [0.15, 0.2) is 0 Å². The van der Waals surface area contributed by atoms with Gasteiger partial charge < -0.3 is 9.41 Å². The van der Waals surface area contributed by atoms with Crippen LogP contribution in [0.4, 0.5) is 0 Å². The Bertz CT molecular complexity index is 275. The number of aromatic amines is 1. The van der Waals surface area contributed by atoms with Crippen LogP contribution < -0.4 is 0 Å². The van der Waals surface area contributed by atoms with Crippen molar-refractivity contribution in [2.45, 2.75) is 45.3 Å². The summed E-state index contributed by atoms with van der Waals surface area (Å²) in [6.07, 6.45) is 3.49. The first-order chi connectivity index (χ1) is 6.31. The molecule has 1 aromatic rings. The highest BCUT2D eigenvalue weighted by Crippen LogP contribution is 2.27. The normalized spacial score (nSPS) is 13.2. The third-order valence-corrected chi connectivity index (χ3v) is 2.98. The molecule has 1 rings (SSSR count). The molecule has 1 N–H and O–H groups in total. The summed E-state index contributed by atoms with van der Waals surface area (Å²) in [6, 6.07) is 0. The van der Waals surface area contributed by atoms with Gasteiger partial charge in [-0.2, -0.15) is 0 Å². The summed E-state index contributed by atoms with van der Waals surface area (Å²) in [5, 5.41) is 0.220. The van der Waals surface area contributed by atoms with Crippen LogP contribution in [-0.4, -0.2) is 19.7 Å². The molecule has 0 aliphatic heterocycles. The number of imidazole rings is 1. The monoisotopic (exact) mass is 210 g/mol. The van der Waals surface area contributed by atoms with E-state index in [0.717, 1.165) is 5.69 Å². The van der Waals surface area contributed by atoms with E-state index >= 15 is 0 Å². The third kappa shape index (κ3) is 3.27. The Balaban J connectivity index is 2.59. The number of nitrogens with zero attached hydrogens (tertiary/aromatic N) is 1. The van der Waals surface area contributed by atoms with Crippen molar-refractivity contribution in [1.82, 2.24) is 9.97 Å². The lowest BCUT2D eigenvalue weighted by atomic mass is 10.1. The van der Waals surface area contributed by atoms with Gasteiger partial charge in [-0.15, -0.1) is 0 Å². The summed E-state index contributed by atoms with van der Waals surface area (Å²) in [5.41, 5.74) is 0.747. The molecule has 0 bridgehead atoms. The van der Waals surface area contributed by atoms with Gasteiger partial charge in [0, 0.05) is 0 Å². The van der Waals surface area contributed by atoms with Crippen molar-refractivity contribution in [2.24, 2.45) is 0 Å². The second-order valence-electron chi connectivity index (χ2n) is 4.93. The van der Waals surface area contributed by atoms with Gasteiger partial charge in [-0.3, -0.25) is 0 Å². The van der Waals surface area contributed by atoms with Gasteiger partial charge in [0.25, 0.3) is 0 Å². The smallest absolute Gasteiger partial charge is 0.237 e. The average molecular weight is 210 g/mol. The van der Waals surface area contributed by atoms with E-state index in [4.69, 9.17) is 4.43 Å². The molecule has 0 spiro atoms. The third-order valence-electron chi connectivity index (χ3n) is 1.76. The minimum Gasteiger partial charge on any atom is -0.406 e. The molecule has 0 fully saturated rings. The maximum absolute atomic E-state index is 5.89. The zero-order valence-electron chi connectivity index (χ0n) is 9.51. The van der Waals surface area contributed by atoms with Crippen molar-refractivity contribution in [1.29, 1.82) is 0 Å². The first-order valence-electron chi connectivity index (χ1n) is 4.75. The van der Waals surface area contributed by atoms with Gasteiger partial charge in [0.05, 0.1) is 23.8 Å². The summed E-state index contributed by atoms with van der Waals surface area (Å²) >= 11 is 0. The number of hydrogen-bond donors (Lipinski definition) is 1. The fourth-order valence-electron chi connectivity index (χ4n) is 0.921. The number of rotatable bonds is 3. The Morgan fingerprint density at radius 2 is 1.93 bits per heavy atom. The number of nitrogens with one attached hydrogen (secondary N) is 1. The Morgan fingerprint density at radius 3 is 2.36 bits per heavy atom. The average Bonchev–Trinajstić information content (AvgIpc) is 2.52. The highest BCUT2D eigenvalue weighted by molar-refractivity contribution is 6.31. The fourth-order valence-corrected chi connectivity index (χ4v) is 1.59. The molecule has 3 nitrogen and oxygen atoms in total. The summed E-state index contributed by atoms with van der Waals surface area (Å²) in [7, 11) is 0.483. The van der Waals surface area contributed by atoms with Crippen LogP contribution in [0.25, 0.3) is 0 Å². The molecule has 0 atom stereocenters. The zero-order valence-corrected chi connectivity index (χ0v) is 10.5. The van der Waals surface area contributed by atoms with E-state index in [1.54, 1.807) is 6.33 Å². The van der Waals surface area contributed by atoms with E-state index in [9.17, 15) is 0 Å². The van der Waals surface area contributed by atoms with Crippen LogP contribution in [0.2, 0.25) is 5.04 Å². The minimum atomic E-state index is -0.276. The van der Waals surface area contributed by atoms with Gasteiger partial charge in [-0.25, -0.2) is 4.98 Å². The van der Waals surface area contributed by atoms with Crippen molar-refractivity contribution in [3.05, 3.63) is 18.2 Å². The molecule has 4 heteroatoms. The predicted octanol–water partition coefficient (Wildman–Crippen LogP) is 2.50. The molecule has 0 aromatic carbocycles. The van der Waals surface area contributed by atoms with E-state index in [1.807, 2.05) is 6.20 Å². The van der Waals surface area contributed by atoms with Gasteiger partial charge in [-0.1, -0.05) is 20.8 Å². The molecular formula is C10H18N2OSi.